The number of hydrogen-bond donors (Lipinski definition) is 3. The van der Waals surface area contributed by atoms with Gasteiger partial charge in [-0.05, 0) is 0 Å². The summed E-state index contributed by atoms with van der Waals surface area (Å²) in [7, 11) is 0. The van der Waals surface area contributed by atoms with Crippen molar-refractivity contribution < 1.29 is 9.59 Å². The summed E-state index contributed by atoms with van der Waals surface area (Å²) in [5.74, 6) is -0.873. The molecule has 0 aliphatic carbocycles. The van der Waals surface area contributed by atoms with E-state index in [1.54, 1.807) is 13.1 Å². The Bertz CT molecular complexity index is 320. The molecule has 14 heavy (non-hydrogen) atoms. The first-order valence-electron chi connectivity index (χ1n) is 4.18. The molecule has 0 spiro atoms. The molecule has 0 aromatic carbocycles. The molecule has 0 saturated heterocycles. The molecule has 1 aromatic rings. The minimum absolute atomic E-state index is 0.0655. The van der Waals surface area contributed by atoms with Gasteiger partial charge in [0.15, 0.2) is 0 Å². The Hall–Kier alpha value is -1.85. The number of rotatable bonds is 4. The largest absolute Gasteiger partial charge is 0.369 e. The lowest BCUT2D eigenvalue weighted by atomic mass is 10.1. The number of nitrogens with two attached hydrogens (primary N) is 1. The van der Waals surface area contributed by atoms with Gasteiger partial charge in [-0.2, -0.15) is 0 Å². The molecular weight excluding hydrogens is 184 g/mol. The molecule has 0 bridgehead atoms. The number of anilines is 1. The lowest BCUT2D eigenvalue weighted by molar-refractivity contribution is -0.125. The normalized spacial score (nSPS) is 12.1. The molecular formula is C8H12N4O2. The number of aromatic nitrogens is 2. The van der Waals surface area contributed by atoms with Crippen LogP contribution in [0, 0.1) is 5.92 Å². The second kappa shape index (κ2) is 4.40. The molecule has 0 radical (unpaired) electrons. The van der Waals surface area contributed by atoms with E-state index in [4.69, 9.17) is 5.73 Å². The van der Waals surface area contributed by atoms with Crippen LogP contribution in [0.15, 0.2) is 12.4 Å². The van der Waals surface area contributed by atoms with E-state index in [1.165, 1.54) is 6.20 Å². The van der Waals surface area contributed by atoms with Gasteiger partial charge in [0, 0.05) is 24.7 Å². The molecule has 0 aliphatic heterocycles. The van der Waals surface area contributed by atoms with Gasteiger partial charge in [-0.25, -0.2) is 4.98 Å². The maximum Gasteiger partial charge on any atom is 0.227 e. The van der Waals surface area contributed by atoms with Gasteiger partial charge >= 0.3 is 0 Å². The number of imidazole rings is 1. The zero-order chi connectivity index (χ0) is 10.6. The van der Waals surface area contributed by atoms with Crippen LogP contribution >= 0.6 is 0 Å². The maximum atomic E-state index is 11.2. The van der Waals surface area contributed by atoms with E-state index in [-0.39, 0.29) is 12.3 Å². The zero-order valence-electron chi connectivity index (χ0n) is 7.78. The Morgan fingerprint density at radius 2 is 2.43 bits per heavy atom. The smallest absolute Gasteiger partial charge is 0.227 e. The fourth-order valence-electron chi connectivity index (χ4n) is 0.895. The molecule has 1 atom stereocenters. The number of nitrogens with one attached hydrogen (secondary N) is 2. The molecule has 0 saturated carbocycles. The van der Waals surface area contributed by atoms with Crippen molar-refractivity contribution in [2.45, 2.75) is 13.3 Å². The fourth-order valence-corrected chi connectivity index (χ4v) is 0.895. The molecule has 1 unspecified atom stereocenters. The van der Waals surface area contributed by atoms with Gasteiger partial charge in [-0.1, -0.05) is 6.92 Å². The minimum atomic E-state index is -0.486. The molecule has 1 heterocycles. The monoisotopic (exact) mass is 196 g/mol. The van der Waals surface area contributed by atoms with Crippen molar-refractivity contribution in [1.82, 2.24) is 9.97 Å². The SMILES string of the molecule is CC(CC(=O)Nc1ncc[nH]1)C(N)=O. The third-order valence-electron chi connectivity index (χ3n) is 1.73. The van der Waals surface area contributed by atoms with Crippen LogP contribution in [-0.4, -0.2) is 21.8 Å². The first kappa shape index (κ1) is 10.2. The summed E-state index contributed by atoms with van der Waals surface area (Å²) in [5, 5.41) is 2.49. The molecule has 1 rings (SSSR count). The zero-order valence-corrected chi connectivity index (χ0v) is 7.78. The molecule has 6 nitrogen and oxygen atoms in total. The average molecular weight is 196 g/mol. The van der Waals surface area contributed by atoms with Crippen LogP contribution in [0.4, 0.5) is 5.95 Å². The lowest BCUT2D eigenvalue weighted by Crippen LogP contribution is -2.25. The third kappa shape index (κ3) is 2.89. The highest BCUT2D eigenvalue weighted by Crippen LogP contribution is 2.03. The van der Waals surface area contributed by atoms with Gasteiger partial charge in [-0.3, -0.25) is 14.9 Å². The van der Waals surface area contributed by atoms with E-state index < -0.39 is 11.8 Å². The number of nitrogens with zero attached hydrogens (tertiary/aromatic N) is 1. The standard InChI is InChI=1S/C8H12N4O2/c1-5(7(9)14)4-6(13)12-8-10-2-3-11-8/h2-3,5H,4H2,1H3,(H2,9,14)(H2,10,11,12,13). The van der Waals surface area contributed by atoms with Crippen molar-refractivity contribution in [3.05, 3.63) is 12.4 Å². The van der Waals surface area contributed by atoms with Crippen molar-refractivity contribution in [1.29, 1.82) is 0 Å². The van der Waals surface area contributed by atoms with Crippen LogP contribution in [-0.2, 0) is 9.59 Å². The van der Waals surface area contributed by atoms with Gasteiger partial charge in [0.05, 0.1) is 0 Å². The van der Waals surface area contributed by atoms with Crippen molar-refractivity contribution in [3.63, 3.8) is 0 Å². The lowest BCUT2D eigenvalue weighted by Gasteiger charge is -2.05. The highest BCUT2D eigenvalue weighted by molar-refractivity contribution is 5.92. The van der Waals surface area contributed by atoms with E-state index in [2.05, 4.69) is 15.3 Å². The molecule has 2 amide bonds. The summed E-state index contributed by atoms with van der Waals surface area (Å²) in [5.41, 5.74) is 5.02. The Morgan fingerprint density at radius 1 is 1.71 bits per heavy atom. The van der Waals surface area contributed by atoms with Gasteiger partial charge < -0.3 is 10.7 Å². The quantitative estimate of drug-likeness (QED) is 0.624. The summed E-state index contributed by atoms with van der Waals surface area (Å²) in [6.45, 7) is 1.60. The number of carbonyl (C=O) groups excluding carboxylic acids is 2. The summed E-state index contributed by atoms with van der Waals surface area (Å²) >= 11 is 0. The molecule has 0 fully saturated rings. The van der Waals surface area contributed by atoms with Crippen molar-refractivity contribution in [2.75, 3.05) is 5.32 Å². The summed E-state index contributed by atoms with van der Waals surface area (Å²) in [6, 6.07) is 0. The molecule has 4 N–H and O–H groups in total. The first-order chi connectivity index (χ1) is 6.59. The highest BCUT2D eigenvalue weighted by Gasteiger charge is 2.14. The fraction of sp³-hybridized carbons (Fsp3) is 0.375. The summed E-state index contributed by atoms with van der Waals surface area (Å²) in [4.78, 5) is 28.4. The van der Waals surface area contributed by atoms with E-state index in [0.29, 0.717) is 5.95 Å². The van der Waals surface area contributed by atoms with Crippen LogP contribution in [0.1, 0.15) is 13.3 Å². The van der Waals surface area contributed by atoms with Crippen molar-refractivity contribution in [2.24, 2.45) is 11.7 Å². The number of hydrogen-bond acceptors (Lipinski definition) is 3. The van der Waals surface area contributed by atoms with E-state index >= 15 is 0 Å². The van der Waals surface area contributed by atoms with Crippen LogP contribution in [0.5, 0.6) is 0 Å². The number of primary amides is 1. The topological polar surface area (TPSA) is 101 Å². The number of aromatic amines is 1. The molecule has 6 heteroatoms. The van der Waals surface area contributed by atoms with Crippen LogP contribution in [0.2, 0.25) is 0 Å². The van der Waals surface area contributed by atoms with Crippen LogP contribution in [0.25, 0.3) is 0 Å². The third-order valence-corrected chi connectivity index (χ3v) is 1.73. The Balaban J connectivity index is 2.40. The van der Waals surface area contributed by atoms with E-state index in [9.17, 15) is 9.59 Å². The van der Waals surface area contributed by atoms with Gasteiger partial charge in [0.25, 0.3) is 0 Å². The van der Waals surface area contributed by atoms with Crippen LogP contribution in [0.3, 0.4) is 0 Å². The van der Waals surface area contributed by atoms with E-state index in [1.807, 2.05) is 0 Å². The Morgan fingerprint density at radius 3 is 2.93 bits per heavy atom. The summed E-state index contributed by atoms with van der Waals surface area (Å²) < 4.78 is 0. The Labute approximate surface area is 80.9 Å². The van der Waals surface area contributed by atoms with Crippen molar-refractivity contribution in [3.8, 4) is 0 Å². The van der Waals surface area contributed by atoms with Crippen molar-refractivity contribution >= 4 is 17.8 Å². The number of H-pyrrole nitrogens is 1. The van der Waals surface area contributed by atoms with Gasteiger partial charge in [0.1, 0.15) is 0 Å². The predicted molar refractivity (Wildman–Crippen MR) is 50.2 cm³/mol. The molecule has 1 aromatic heterocycles. The van der Waals surface area contributed by atoms with Gasteiger partial charge in [-0.15, -0.1) is 0 Å². The maximum absolute atomic E-state index is 11.2. The first-order valence-corrected chi connectivity index (χ1v) is 4.18. The second-order valence-corrected chi connectivity index (χ2v) is 2.99. The number of amides is 2. The van der Waals surface area contributed by atoms with Gasteiger partial charge in [0.2, 0.25) is 17.8 Å². The average Bonchev–Trinajstić information content (AvgIpc) is 2.56. The minimum Gasteiger partial charge on any atom is -0.369 e. The molecule has 0 aliphatic rings. The van der Waals surface area contributed by atoms with Crippen LogP contribution < -0.4 is 11.1 Å². The predicted octanol–water partition coefficient (Wildman–Crippen LogP) is -0.140. The Kier molecular flexibility index (Phi) is 3.22. The molecule has 76 valence electrons. The number of carbonyl (C=O) groups is 2. The summed E-state index contributed by atoms with van der Waals surface area (Å²) in [6.07, 6.45) is 3.18. The van der Waals surface area contributed by atoms with E-state index in [0.717, 1.165) is 0 Å². The second-order valence-electron chi connectivity index (χ2n) is 2.99. The highest BCUT2D eigenvalue weighted by atomic mass is 16.2.